The second kappa shape index (κ2) is 6.86. The van der Waals surface area contributed by atoms with Crippen molar-refractivity contribution in [2.45, 2.75) is 6.54 Å². The van der Waals surface area contributed by atoms with Crippen LogP contribution in [0.2, 0.25) is 0 Å². The van der Waals surface area contributed by atoms with Crippen molar-refractivity contribution in [1.29, 1.82) is 0 Å². The molecule has 4 rings (SSSR count). The van der Waals surface area contributed by atoms with Crippen LogP contribution in [0.15, 0.2) is 77.2 Å². The summed E-state index contributed by atoms with van der Waals surface area (Å²) in [5.41, 5.74) is 2.89. The van der Waals surface area contributed by atoms with E-state index in [1.165, 1.54) is 18.5 Å². The smallest absolute Gasteiger partial charge is 0.195 e. The lowest BCUT2D eigenvalue weighted by atomic mass is 10.2. The molecule has 2 heterocycles. The molecular weight excluding hydrogens is 335 g/mol. The zero-order valence-corrected chi connectivity index (χ0v) is 13.9. The SMILES string of the molecule is Fc1ccc(CN=Nc2ncnc3cc(-c4ccccc4)sc23)cc1. The Kier molecular flexibility index (Phi) is 4.26. The third-order valence-electron chi connectivity index (χ3n) is 3.68. The molecule has 0 bridgehead atoms. The quantitative estimate of drug-likeness (QED) is 0.439. The van der Waals surface area contributed by atoms with E-state index in [1.54, 1.807) is 23.5 Å². The van der Waals surface area contributed by atoms with Gasteiger partial charge in [-0.3, -0.25) is 0 Å². The summed E-state index contributed by atoms with van der Waals surface area (Å²) in [5.74, 6) is 0.296. The van der Waals surface area contributed by atoms with Crippen molar-refractivity contribution in [2.24, 2.45) is 10.2 Å². The first-order valence-electron chi connectivity index (χ1n) is 7.71. The number of nitrogens with zero attached hydrogens (tertiary/aromatic N) is 4. The summed E-state index contributed by atoms with van der Waals surface area (Å²) < 4.78 is 13.8. The number of rotatable bonds is 4. The summed E-state index contributed by atoms with van der Waals surface area (Å²) >= 11 is 1.60. The van der Waals surface area contributed by atoms with Gasteiger partial charge in [-0.05, 0) is 29.3 Å². The molecule has 0 saturated carbocycles. The standard InChI is InChI=1S/C19H13FN4S/c20-15-8-6-13(7-9-15)11-23-24-19-18-16(21-12-22-19)10-17(25-18)14-4-2-1-3-5-14/h1-10,12H,11H2. The fraction of sp³-hybridized carbons (Fsp3) is 0.0526. The first kappa shape index (κ1) is 15.5. The van der Waals surface area contributed by atoms with Gasteiger partial charge >= 0.3 is 0 Å². The highest BCUT2D eigenvalue weighted by Gasteiger charge is 2.09. The van der Waals surface area contributed by atoms with Gasteiger partial charge in [0.2, 0.25) is 0 Å². The molecule has 0 unspecified atom stereocenters. The van der Waals surface area contributed by atoms with E-state index in [2.05, 4.69) is 32.3 Å². The summed E-state index contributed by atoms with van der Waals surface area (Å²) in [6.07, 6.45) is 1.50. The van der Waals surface area contributed by atoms with Gasteiger partial charge in [0.1, 0.15) is 12.1 Å². The number of halogens is 1. The topological polar surface area (TPSA) is 50.5 Å². The van der Waals surface area contributed by atoms with Crippen LogP contribution in [0.1, 0.15) is 5.56 Å². The van der Waals surface area contributed by atoms with Crippen molar-refractivity contribution in [3.05, 3.63) is 78.4 Å². The van der Waals surface area contributed by atoms with Crippen LogP contribution in [0.25, 0.3) is 20.7 Å². The van der Waals surface area contributed by atoms with E-state index < -0.39 is 0 Å². The van der Waals surface area contributed by atoms with Crippen molar-refractivity contribution in [3.63, 3.8) is 0 Å². The molecule has 0 fully saturated rings. The van der Waals surface area contributed by atoms with E-state index in [-0.39, 0.29) is 5.82 Å². The highest BCUT2D eigenvalue weighted by Crippen LogP contribution is 2.36. The zero-order chi connectivity index (χ0) is 17.1. The minimum Gasteiger partial charge on any atom is -0.235 e. The molecule has 0 aliphatic carbocycles. The average Bonchev–Trinajstić information content (AvgIpc) is 3.09. The molecule has 0 saturated heterocycles. The molecule has 122 valence electrons. The first-order chi connectivity index (χ1) is 12.3. The fourth-order valence-corrected chi connectivity index (χ4v) is 3.48. The van der Waals surface area contributed by atoms with Gasteiger partial charge in [-0.2, -0.15) is 5.11 Å². The van der Waals surface area contributed by atoms with E-state index in [1.807, 2.05) is 24.3 Å². The van der Waals surface area contributed by atoms with Crippen molar-refractivity contribution < 1.29 is 4.39 Å². The Hall–Kier alpha value is -2.99. The minimum atomic E-state index is -0.259. The largest absolute Gasteiger partial charge is 0.235 e. The third-order valence-corrected chi connectivity index (χ3v) is 4.85. The lowest BCUT2D eigenvalue weighted by molar-refractivity contribution is 0.627. The molecule has 4 aromatic rings. The van der Waals surface area contributed by atoms with Crippen LogP contribution in [-0.4, -0.2) is 9.97 Å². The molecular formula is C19H13FN4S. The van der Waals surface area contributed by atoms with Crippen LogP contribution in [0, 0.1) is 5.82 Å². The summed E-state index contributed by atoms with van der Waals surface area (Å²) in [7, 11) is 0. The maximum atomic E-state index is 12.9. The molecule has 0 aliphatic rings. The van der Waals surface area contributed by atoms with E-state index in [9.17, 15) is 4.39 Å². The predicted molar refractivity (Wildman–Crippen MR) is 97.5 cm³/mol. The highest BCUT2D eigenvalue weighted by molar-refractivity contribution is 7.22. The maximum absolute atomic E-state index is 12.9. The molecule has 0 aliphatic heterocycles. The molecule has 0 spiro atoms. The molecule has 2 aromatic carbocycles. The lowest BCUT2D eigenvalue weighted by Gasteiger charge is -1.96. The van der Waals surface area contributed by atoms with Gasteiger partial charge in [0.05, 0.1) is 16.8 Å². The van der Waals surface area contributed by atoms with Crippen LogP contribution < -0.4 is 0 Å². The van der Waals surface area contributed by atoms with Crippen molar-refractivity contribution >= 4 is 27.4 Å². The second-order valence-electron chi connectivity index (χ2n) is 5.41. The van der Waals surface area contributed by atoms with E-state index in [0.29, 0.717) is 12.4 Å². The Morgan fingerprint density at radius 3 is 2.56 bits per heavy atom. The Morgan fingerprint density at radius 2 is 1.76 bits per heavy atom. The van der Waals surface area contributed by atoms with Crippen LogP contribution >= 0.6 is 11.3 Å². The summed E-state index contributed by atoms with van der Waals surface area (Å²) in [5, 5.41) is 8.44. The van der Waals surface area contributed by atoms with E-state index in [4.69, 9.17) is 0 Å². The molecule has 6 heteroatoms. The summed E-state index contributed by atoms with van der Waals surface area (Å²) in [4.78, 5) is 9.67. The van der Waals surface area contributed by atoms with Crippen LogP contribution in [-0.2, 0) is 6.54 Å². The van der Waals surface area contributed by atoms with Crippen LogP contribution in [0.5, 0.6) is 0 Å². The number of hydrogen-bond acceptors (Lipinski definition) is 5. The van der Waals surface area contributed by atoms with Gasteiger partial charge in [0.15, 0.2) is 5.82 Å². The number of benzene rings is 2. The monoisotopic (exact) mass is 348 g/mol. The van der Waals surface area contributed by atoms with Crippen molar-refractivity contribution in [2.75, 3.05) is 0 Å². The lowest BCUT2D eigenvalue weighted by Crippen LogP contribution is -1.82. The normalized spacial score (nSPS) is 11.4. The molecule has 0 N–H and O–H groups in total. The van der Waals surface area contributed by atoms with Gasteiger partial charge < -0.3 is 0 Å². The molecule has 0 amide bonds. The van der Waals surface area contributed by atoms with Crippen molar-refractivity contribution in [3.8, 4) is 10.4 Å². The molecule has 0 atom stereocenters. The Labute approximate surface area is 147 Å². The minimum absolute atomic E-state index is 0.259. The molecule has 4 nitrogen and oxygen atoms in total. The molecule has 2 aromatic heterocycles. The molecule has 25 heavy (non-hydrogen) atoms. The van der Waals surface area contributed by atoms with Crippen LogP contribution in [0.3, 0.4) is 0 Å². The van der Waals surface area contributed by atoms with Crippen LogP contribution in [0.4, 0.5) is 10.2 Å². The van der Waals surface area contributed by atoms with Gasteiger partial charge in [0.25, 0.3) is 0 Å². The Bertz CT molecular complexity index is 1030. The Balaban J connectivity index is 1.62. The van der Waals surface area contributed by atoms with E-state index in [0.717, 1.165) is 26.2 Å². The van der Waals surface area contributed by atoms with Gasteiger partial charge in [-0.15, -0.1) is 16.5 Å². The first-order valence-corrected chi connectivity index (χ1v) is 8.53. The Morgan fingerprint density at radius 1 is 0.960 bits per heavy atom. The maximum Gasteiger partial charge on any atom is 0.195 e. The van der Waals surface area contributed by atoms with Gasteiger partial charge in [-0.25, -0.2) is 14.4 Å². The highest BCUT2D eigenvalue weighted by atomic mass is 32.1. The summed E-state index contributed by atoms with van der Waals surface area (Å²) in [6, 6.07) is 18.4. The number of aromatic nitrogens is 2. The number of hydrogen-bond donors (Lipinski definition) is 0. The number of azo groups is 1. The zero-order valence-electron chi connectivity index (χ0n) is 13.1. The third kappa shape index (κ3) is 3.44. The predicted octanol–water partition coefficient (Wildman–Crippen LogP) is 5.78. The van der Waals surface area contributed by atoms with Gasteiger partial charge in [-0.1, -0.05) is 42.5 Å². The number of thiophene rings is 1. The van der Waals surface area contributed by atoms with Crippen molar-refractivity contribution in [1.82, 2.24) is 9.97 Å². The average molecular weight is 348 g/mol. The fourth-order valence-electron chi connectivity index (χ4n) is 2.43. The molecule has 0 radical (unpaired) electrons. The second-order valence-corrected chi connectivity index (χ2v) is 6.47. The number of fused-ring (bicyclic) bond motifs is 1. The summed E-state index contributed by atoms with van der Waals surface area (Å²) in [6.45, 7) is 0.378. The van der Waals surface area contributed by atoms with Gasteiger partial charge in [0, 0.05) is 4.88 Å². The van der Waals surface area contributed by atoms with E-state index >= 15 is 0 Å².